The number of amides is 1. The summed E-state index contributed by atoms with van der Waals surface area (Å²) in [5, 5.41) is 3.15. The minimum Gasteiger partial charge on any atom is -0.356 e. The Morgan fingerprint density at radius 2 is 2.58 bits per heavy atom. The average molecular weight is 170 g/mol. The van der Waals surface area contributed by atoms with Crippen LogP contribution in [0.15, 0.2) is 12.7 Å². The van der Waals surface area contributed by atoms with Gasteiger partial charge in [0.2, 0.25) is 6.41 Å². The first-order valence-corrected chi connectivity index (χ1v) is 4.02. The van der Waals surface area contributed by atoms with Crippen LogP contribution in [0.5, 0.6) is 0 Å². The summed E-state index contributed by atoms with van der Waals surface area (Å²) in [5.41, 5.74) is 0. The molecule has 0 bridgehead atoms. The zero-order valence-corrected chi connectivity index (χ0v) is 7.03. The van der Waals surface area contributed by atoms with E-state index < -0.39 is 0 Å². The zero-order chi connectivity index (χ0) is 8.81. The smallest absolute Gasteiger partial charge is 0.212 e. The fourth-order valence-electron chi connectivity index (χ4n) is 1.14. The molecule has 1 saturated heterocycles. The summed E-state index contributed by atoms with van der Waals surface area (Å²) in [7, 11) is 0. The molecular formula is C8H14N2O2. The maximum Gasteiger partial charge on any atom is 0.212 e. The highest BCUT2D eigenvalue weighted by Gasteiger charge is 2.18. The van der Waals surface area contributed by atoms with Crippen LogP contribution in [-0.4, -0.2) is 43.8 Å². The van der Waals surface area contributed by atoms with Crippen molar-refractivity contribution in [2.45, 2.75) is 6.23 Å². The van der Waals surface area contributed by atoms with E-state index in [0.29, 0.717) is 19.7 Å². The van der Waals surface area contributed by atoms with Gasteiger partial charge in [-0.1, -0.05) is 6.08 Å². The third kappa shape index (κ3) is 2.32. The van der Waals surface area contributed by atoms with E-state index >= 15 is 0 Å². The highest BCUT2D eigenvalue weighted by atomic mass is 16.5. The molecule has 1 N–H and O–H groups in total. The van der Waals surface area contributed by atoms with Crippen LogP contribution < -0.4 is 5.32 Å². The standard InChI is InChI=1S/C8H14N2O2/c1-2-4-10(7-11)8-6-9-3-5-12-8/h2,7-9H,1,3-6H2. The van der Waals surface area contributed by atoms with Crippen molar-refractivity contribution in [2.24, 2.45) is 0 Å². The molecule has 1 rings (SSSR count). The molecule has 0 saturated carbocycles. The Hall–Kier alpha value is -0.870. The lowest BCUT2D eigenvalue weighted by Crippen LogP contribution is -2.48. The van der Waals surface area contributed by atoms with E-state index in [4.69, 9.17) is 4.74 Å². The minimum absolute atomic E-state index is 0.130. The molecule has 68 valence electrons. The molecule has 1 heterocycles. The SMILES string of the molecule is C=CCN(C=O)C1CNCCO1. The Balaban J connectivity index is 2.39. The van der Waals surface area contributed by atoms with E-state index in [0.717, 1.165) is 13.0 Å². The lowest BCUT2D eigenvalue weighted by Gasteiger charge is -2.30. The maximum absolute atomic E-state index is 10.6. The van der Waals surface area contributed by atoms with Crippen LogP contribution in [-0.2, 0) is 9.53 Å². The van der Waals surface area contributed by atoms with Gasteiger partial charge in [0.05, 0.1) is 6.61 Å². The van der Waals surface area contributed by atoms with Crippen molar-refractivity contribution in [1.29, 1.82) is 0 Å². The number of rotatable bonds is 4. The van der Waals surface area contributed by atoms with E-state index in [2.05, 4.69) is 11.9 Å². The maximum atomic E-state index is 10.6. The van der Waals surface area contributed by atoms with Gasteiger partial charge < -0.3 is 15.0 Å². The monoisotopic (exact) mass is 170 g/mol. The zero-order valence-electron chi connectivity index (χ0n) is 7.03. The molecule has 4 heteroatoms. The van der Waals surface area contributed by atoms with E-state index in [1.54, 1.807) is 11.0 Å². The normalized spacial score (nSPS) is 23.2. The van der Waals surface area contributed by atoms with Gasteiger partial charge in [-0.3, -0.25) is 4.79 Å². The second-order valence-corrected chi connectivity index (χ2v) is 2.62. The summed E-state index contributed by atoms with van der Waals surface area (Å²) < 4.78 is 5.37. The van der Waals surface area contributed by atoms with E-state index in [-0.39, 0.29) is 6.23 Å². The molecule has 0 aliphatic carbocycles. The summed E-state index contributed by atoms with van der Waals surface area (Å²) in [5.74, 6) is 0. The number of ether oxygens (including phenoxy) is 1. The van der Waals surface area contributed by atoms with Crippen molar-refractivity contribution in [2.75, 3.05) is 26.2 Å². The summed E-state index contributed by atoms with van der Waals surface area (Å²) in [4.78, 5) is 12.1. The third-order valence-corrected chi connectivity index (χ3v) is 1.75. The number of hydrogen-bond donors (Lipinski definition) is 1. The third-order valence-electron chi connectivity index (χ3n) is 1.75. The predicted molar refractivity (Wildman–Crippen MR) is 45.6 cm³/mol. The molecule has 1 aliphatic rings. The summed E-state index contributed by atoms with van der Waals surface area (Å²) in [6, 6.07) is 0. The summed E-state index contributed by atoms with van der Waals surface area (Å²) in [6.45, 7) is 6.32. The number of nitrogens with one attached hydrogen (secondary N) is 1. The van der Waals surface area contributed by atoms with E-state index in [9.17, 15) is 4.79 Å². The second kappa shape index (κ2) is 4.90. The molecule has 1 amide bonds. The van der Waals surface area contributed by atoms with Gasteiger partial charge in [0.25, 0.3) is 0 Å². The largest absolute Gasteiger partial charge is 0.356 e. The Morgan fingerprint density at radius 3 is 3.08 bits per heavy atom. The van der Waals surface area contributed by atoms with Crippen LogP contribution in [0.4, 0.5) is 0 Å². The summed E-state index contributed by atoms with van der Waals surface area (Å²) in [6.07, 6.45) is 2.35. The van der Waals surface area contributed by atoms with Gasteiger partial charge in [0.15, 0.2) is 0 Å². The van der Waals surface area contributed by atoms with Crippen LogP contribution in [0.25, 0.3) is 0 Å². The average Bonchev–Trinajstić information content (AvgIpc) is 2.15. The van der Waals surface area contributed by atoms with Crippen LogP contribution >= 0.6 is 0 Å². The molecule has 0 aromatic carbocycles. The van der Waals surface area contributed by atoms with Gasteiger partial charge in [0.1, 0.15) is 6.23 Å². The number of nitrogens with zero attached hydrogens (tertiary/aromatic N) is 1. The van der Waals surface area contributed by atoms with Crippen LogP contribution in [0.3, 0.4) is 0 Å². The van der Waals surface area contributed by atoms with Gasteiger partial charge in [-0.2, -0.15) is 0 Å². The molecule has 1 atom stereocenters. The van der Waals surface area contributed by atoms with Crippen molar-refractivity contribution >= 4 is 6.41 Å². The van der Waals surface area contributed by atoms with Crippen LogP contribution in [0.2, 0.25) is 0 Å². The minimum atomic E-state index is -0.130. The van der Waals surface area contributed by atoms with Gasteiger partial charge in [0, 0.05) is 19.6 Å². The van der Waals surface area contributed by atoms with Gasteiger partial charge >= 0.3 is 0 Å². The number of carbonyl (C=O) groups excluding carboxylic acids is 1. The first-order chi connectivity index (χ1) is 5.88. The Labute approximate surface area is 72.2 Å². The lowest BCUT2D eigenvalue weighted by molar-refractivity contribution is -0.133. The van der Waals surface area contributed by atoms with Crippen LogP contribution in [0.1, 0.15) is 0 Å². The van der Waals surface area contributed by atoms with Crippen molar-refractivity contribution in [3.63, 3.8) is 0 Å². The van der Waals surface area contributed by atoms with Crippen LogP contribution in [0, 0.1) is 0 Å². The first kappa shape index (κ1) is 9.22. The van der Waals surface area contributed by atoms with E-state index in [1.807, 2.05) is 0 Å². The Kier molecular flexibility index (Phi) is 3.76. The molecule has 12 heavy (non-hydrogen) atoms. The molecule has 0 radical (unpaired) electrons. The molecule has 4 nitrogen and oxygen atoms in total. The molecule has 1 fully saturated rings. The first-order valence-electron chi connectivity index (χ1n) is 4.02. The Bertz CT molecular complexity index is 155. The van der Waals surface area contributed by atoms with Gasteiger partial charge in [-0.05, 0) is 0 Å². The fraction of sp³-hybridized carbons (Fsp3) is 0.625. The molecule has 1 unspecified atom stereocenters. The highest BCUT2D eigenvalue weighted by molar-refractivity contribution is 5.47. The highest BCUT2D eigenvalue weighted by Crippen LogP contribution is 2.01. The van der Waals surface area contributed by atoms with Crippen molar-refractivity contribution in [3.05, 3.63) is 12.7 Å². The molecule has 0 aromatic rings. The number of hydrogen-bond acceptors (Lipinski definition) is 3. The molecule has 0 spiro atoms. The van der Waals surface area contributed by atoms with Crippen molar-refractivity contribution < 1.29 is 9.53 Å². The topological polar surface area (TPSA) is 41.6 Å². The Morgan fingerprint density at radius 1 is 1.75 bits per heavy atom. The van der Waals surface area contributed by atoms with Crippen molar-refractivity contribution in [3.8, 4) is 0 Å². The number of morpholine rings is 1. The van der Waals surface area contributed by atoms with Crippen molar-refractivity contribution in [1.82, 2.24) is 10.2 Å². The fourth-order valence-corrected chi connectivity index (χ4v) is 1.14. The number of carbonyl (C=O) groups is 1. The lowest BCUT2D eigenvalue weighted by atomic mass is 10.4. The van der Waals surface area contributed by atoms with Gasteiger partial charge in [-0.15, -0.1) is 6.58 Å². The quantitative estimate of drug-likeness (QED) is 0.460. The van der Waals surface area contributed by atoms with Gasteiger partial charge in [-0.25, -0.2) is 0 Å². The van der Waals surface area contributed by atoms with E-state index in [1.165, 1.54) is 0 Å². The molecular weight excluding hydrogens is 156 g/mol. The molecule has 1 aliphatic heterocycles. The second-order valence-electron chi connectivity index (χ2n) is 2.62. The summed E-state index contributed by atoms with van der Waals surface area (Å²) >= 11 is 0. The molecule has 0 aromatic heterocycles. The predicted octanol–water partition coefficient (Wildman–Crippen LogP) is -0.423.